The van der Waals surface area contributed by atoms with Crippen LogP contribution in [0.1, 0.15) is 32.3 Å². The fourth-order valence-electron chi connectivity index (χ4n) is 1.94. The van der Waals surface area contributed by atoms with Crippen molar-refractivity contribution in [1.29, 1.82) is 0 Å². The third-order valence-electron chi connectivity index (χ3n) is 3.26. The molecule has 0 atom stereocenters. The summed E-state index contributed by atoms with van der Waals surface area (Å²) in [7, 11) is 0. The number of carbonyl (C=O) groups is 1. The predicted molar refractivity (Wildman–Crippen MR) is 62.5 cm³/mol. The van der Waals surface area contributed by atoms with E-state index in [1.807, 2.05) is 19.9 Å². The molecule has 1 aromatic carbocycles. The van der Waals surface area contributed by atoms with Crippen molar-refractivity contribution >= 4 is 5.97 Å². The number of phenolic OH excluding ortho intramolecular Hbond substituents is 1. The molecule has 1 aromatic rings. The minimum atomic E-state index is -0.763. The lowest BCUT2D eigenvalue weighted by atomic mass is 9.77. The number of rotatable bonds is 5. The van der Waals surface area contributed by atoms with Crippen LogP contribution in [0.2, 0.25) is 0 Å². The second kappa shape index (κ2) is 5.01. The third-order valence-corrected chi connectivity index (χ3v) is 3.26. The zero-order valence-electron chi connectivity index (χ0n) is 9.73. The zero-order chi connectivity index (χ0) is 12.2. The van der Waals surface area contributed by atoms with Crippen molar-refractivity contribution in [2.75, 3.05) is 0 Å². The monoisotopic (exact) mass is 222 g/mol. The first-order chi connectivity index (χ1) is 7.54. The smallest absolute Gasteiger partial charge is 0.309 e. The fraction of sp³-hybridized carbons (Fsp3) is 0.462. The van der Waals surface area contributed by atoms with E-state index in [1.54, 1.807) is 18.2 Å². The first-order valence-corrected chi connectivity index (χ1v) is 5.55. The summed E-state index contributed by atoms with van der Waals surface area (Å²) in [5, 5.41) is 18.6. The second-order valence-corrected chi connectivity index (χ2v) is 4.14. The fourth-order valence-corrected chi connectivity index (χ4v) is 1.94. The maximum absolute atomic E-state index is 11.3. The number of carboxylic acids is 1. The van der Waals surface area contributed by atoms with E-state index in [9.17, 15) is 15.0 Å². The summed E-state index contributed by atoms with van der Waals surface area (Å²) < 4.78 is 0. The Balaban J connectivity index is 2.96. The molecule has 88 valence electrons. The Labute approximate surface area is 95.7 Å². The maximum atomic E-state index is 11.3. The van der Waals surface area contributed by atoms with Crippen molar-refractivity contribution in [2.24, 2.45) is 5.41 Å². The molecular formula is C13H18O3. The van der Waals surface area contributed by atoms with E-state index in [4.69, 9.17) is 0 Å². The Kier molecular flexibility index (Phi) is 3.93. The van der Waals surface area contributed by atoms with Gasteiger partial charge in [0.25, 0.3) is 0 Å². The Bertz CT molecular complexity index is 367. The molecule has 0 saturated heterocycles. The van der Waals surface area contributed by atoms with Crippen LogP contribution in [0.3, 0.4) is 0 Å². The number of aromatic hydroxyl groups is 1. The van der Waals surface area contributed by atoms with Crippen LogP contribution in [0.5, 0.6) is 5.75 Å². The molecule has 0 saturated carbocycles. The first kappa shape index (κ1) is 12.6. The molecule has 0 amide bonds. The average molecular weight is 222 g/mol. The van der Waals surface area contributed by atoms with E-state index in [1.165, 1.54) is 0 Å². The molecule has 3 heteroatoms. The highest BCUT2D eigenvalue weighted by atomic mass is 16.4. The molecule has 0 aliphatic carbocycles. The molecule has 0 aliphatic rings. The van der Waals surface area contributed by atoms with E-state index in [0.717, 1.165) is 5.56 Å². The largest absolute Gasteiger partial charge is 0.508 e. The van der Waals surface area contributed by atoms with Crippen LogP contribution in [0.15, 0.2) is 24.3 Å². The van der Waals surface area contributed by atoms with Crippen molar-refractivity contribution in [3.8, 4) is 5.75 Å². The van der Waals surface area contributed by atoms with Gasteiger partial charge in [0.2, 0.25) is 0 Å². The van der Waals surface area contributed by atoms with E-state index in [2.05, 4.69) is 0 Å². The van der Waals surface area contributed by atoms with Gasteiger partial charge in [-0.15, -0.1) is 0 Å². The summed E-state index contributed by atoms with van der Waals surface area (Å²) in [6.45, 7) is 3.78. The van der Waals surface area contributed by atoms with Crippen LogP contribution in [0.4, 0.5) is 0 Å². The van der Waals surface area contributed by atoms with Crippen molar-refractivity contribution in [3.05, 3.63) is 29.8 Å². The normalized spacial score (nSPS) is 11.4. The van der Waals surface area contributed by atoms with E-state index >= 15 is 0 Å². The summed E-state index contributed by atoms with van der Waals surface area (Å²) in [5.74, 6) is -0.579. The summed E-state index contributed by atoms with van der Waals surface area (Å²) in [4.78, 5) is 11.3. The molecule has 0 spiro atoms. The van der Waals surface area contributed by atoms with Gasteiger partial charge < -0.3 is 10.2 Å². The molecular weight excluding hydrogens is 204 g/mol. The number of hydrogen-bond donors (Lipinski definition) is 2. The van der Waals surface area contributed by atoms with Crippen LogP contribution >= 0.6 is 0 Å². The minimum absolute atomic E-state index is 0.184. The summed E-state index contributed by atoms with van der Waals surface area (Å²) in [6, 6.07) is 6.80. The molecule has 1 rings (SSSR count). The van der Waals surface area contributed by atoms with Gasteiger partial charge in [-0.25, -0.2) is 0 Å². The van der Waals surface area contributed by atoms with Gasteiger partial charge in [0.1, 0.15) is 5.75 Å². The zero-order valence-corrected chi connectivity index (χ0v) is 9.73. The quantitative estimate of drug-likeness (QED) is 0.805. The van der Waals surface area contributed by atoms with Crippen LogP contribution in [-0.4, -0.2) is 16.2 Å². The molecule has 2 N–H and O–H groups in total. The van der Waals surface area contributed by atoms with Crippen molar-refractivity contribution in [2.45, 2.75) is 33.1 Å². The summed E-state index contributed by atoms with van der Waals surface area (Å²) in [5.41, 5.74) is 0.152. The highest BCUT2D eigenvalue weighted by molar-refractivity contribution is 5.75. The number of hydrogen-bond acceptors (Lipinski definition) is 2. The van der Waals surface area contributed by atoms with Gasteiger partial charge >= 0.3 is 5.97 Å². The minimum Gasteiger partial charge on any atom is -0.508 e. The van der Waals surface area contributed by atoms with E-state index in [-0.39, 0.29) is 5.75 Å². The Morgan fingerprint density at radius 1 is 1.31 bits per heavy atom. The highest BCUT2D eigenvalue weighted by Crippen LogP contribution is 2.32. The van der Waals surface area contributed by atoms with Gasteiger partial charge in [-0.2, -0.15) is 0 Å². The SMILES string of the molecule is CCC(CC)(Cc1cccc(O)c1)C(=O)O. The van der Waals surface area contributed by atoms with Gasteiger partial charge in [-0.05, 0) is 37.0 Å². The Hall–Kier alpha value is -1.51. The molecule has 0 aromatic heterocycles. The third kappa shape index (κ3) is 2.54. The van der Waals surface area contributed by atoms with Crippen molar-refractivity contribution in [1.82, 2.24) is 0 Å². The van der Waals surface area contributed by atoms with Crippen LogP contribution in [0.25, 0.3) is 0 Å². The number of aliphatic carboxylic acids is 1. The van der Waals surface area contributed by atoms with Gasteiger partial charge in [0, 0.05) is 0 Å². The lowest BCUT2D eigenvalue weighted by molar-refractivity contribution is -0.149. The molecule has 3 nitrogen and oxygen atoms in total. The van der Waals surface area contributed by atoms with Gasteiger partial charge in [-0.3, -0.25) is 4.79 Å². The molecule has 0 aliphatic heterocycles. The van der Waals surface area contributed by atoms with E-state index in [0.29, 0.717) is 19.3 Å². The summed E-state index contributed by atoms with van der Waals surface area (Å²) in [6.07, 6.45) is 1.65. The Morgan fingerprint density at radius 2 is 1.94 bits per heavy atom. The Morgan fingerprint density at radius 3 is 2.38 bits per heavy atom. The van der Waals surface area contributed by atoms with Gasteiger partial charge in [0.15, 0.2) is 0 Å². The molecule has 0 heterocycles. The number of benzene rings is 1. The lowest BCUT2D eigenvalue weighted by Crippen LogP contribution is -2.32. The topological polar surface area (TPSA) is 57.5 Å². The van der Waals surface area contributed by atoms with Crippen LogP contribution in [0, 0.1) is 5.41 Å². The standard InChI is InChI=1S/C13H18O3/c1-3-13(4-2,12(15)16)9-10-6-5-7-11(14)8-10/h5-8,14H,3-4,9H2,1-2H3,(H,15,16). The maximum Gasteiger partial charge on any atom is 0.309 e. The number of phenols is 1. The predicted octanol–water partition coefficient (Wildman–Crippen LogP) is 2.83. The lowest BCUT2D eigenvalue weighted by Gasteiger charge is -2.26. The molecule has 0 fully saturated rings. The molecule has 0 bridgehead atoms. The molecule has 0 unspecified atom stereocenters. The highest BCUT2D eigenvalue weighted by Gasteiger charge is 2.34. The second-order valence-electron chi connectivity index (χ2n) is 4.14. The summed E-state index contributed by atoms with van der Waals surface area (Å²) >= 11 is 0. The van der Waals surface area contributed by atoms with Crippen LogP contribution < -0.4 is 0 Å². The van der Waals surface area contributed by atoms with Crippen molar-refractivity contribution < 1.29 is 15.0 Å². The van der Waals surface area contributed by atoms with E-state index < -0.39 is 11.4 Å². The van der Waals surface area contributed by atoms with Crippen molar-refractivity contribution in [3.63, 3.8) is 0 Å². The first-order valence-electron chi connectivity index (χ1n) is 5.55. The van der Waals surface area contributed by atoms with Gasteiger partial charge in [0.05, 0.1) is 5.41 Å². The average Bonchev–Trinajstić information content (AvgIpc) is 2.25. The number of carboxylic acid groups (broad SMARTS) is 1. The van der Waals surface area contributed by atoms with Gasteiger partial charge in [-0.1, -0.05) is 26.0 Å². The molecule has 16 heavy (non-hydrogen) atoms. The van der Waals surface area contributed by atoms with Crippen LogP contribution in [-0.2, 0) is 11.2 Å². The molecule has 0 radical (unpaired) electrons.